The molecule has 0 aromatic carbocycles. The van der Waals surface area contributed by atoms with Crippen LogP contribution < -0.4 is 0 Å². The quantitative estimate of drug-likeness (QED) is 0.607. The fourth-order valence-electron chi connectivity index (χ4n) is 1.79. The molecule has 0 N–H and O–H groups in total. The van der Waals surface area contributed by atoms with Crippen molar-refractivity contribution >= 4 is 29.5 Å². The van der Waals surface area contributed by atoms with Crippen LogP contribution in [0.2, 0.25) is 0 Å². The van der Waals surface area contributed by atoms with Gasteiger partial charge in [-0.25, -0.2) is 25.3 Å². The second kappa shape index (κ2) is 3.66. The van der Waals surface area contributed by atoms with E-state index >= 15 is 0 Å². The molecule has 9 heteroatoms. The zero-order valence-electron chi connectivity index (χ0n) is 8.55. The number of sulfone groups is 3. The van der Waals surface area contributed by atoms with Gasteiger partial charge in [-0.15, -0.1) is 0 Å². The van der Waals surface area contributed by atoms with Crippen LogP contribution in [0, 0.1) is 0 Å². The van der Waals surface area contributed by atoms with Gasteiger partial charge in [0, 0.05) is 0 Å². The summed E-state index contributed by atoms with van der Waals surface area (Å²) in [5, 5.41) is 0. The Hall–Kier alpha value is -0.670. The summed E-state index contributed by atoms with van der Waals surface area (Å²) in [5.74, 6) is -0.735. The van der Waals surface area contributed by atoms with Crippen molar-refractivity contribution in [3.63, 3.8) is 0 Å². The van der Waals surface area contributed by atoms with Gasteiger partial charge >= 0.3 is 0 Å². The van der Waals surface area contributed by atoms with Crippen LogP contribution in [0.1, 0.15) is 0 Å². The van der Waals surface area contributed by atoms with Crippen LogP contribution >= 0.6 is 0 Å². The second-order valence-electron chi connectivity index (χ2n) is 3.84. The third-order valence-electron chi connectivity index (χ3n) is 2.60. The van der Waals surface area contributed by atoms with Crippen molar-refractivity contribution in [3.05, 3.63) is 24.3 Å². The summed E-state index contributed by atoms with van der Waals surface area (Å²) < 4.78 is 66.6. The molecule has 0 spiro atoms. The highest BCUT2D eigenvalue weighted by molar-refractivity contribution is 8.16. The first-order chi connectivity index (χ1) is 7.68. The van der Waals surface area contributed by atoms with E-state index < -0.39 is 38.7 Å². The number of hydrogen-bond acceptors (Lipinski definition) is 6. The molecule has 0 fully saturated rings. The monoisotopic (exact) mass is 298 g/mol. The maximum absolute atomic E-state index is 12.0. The molecule has 0 radical (unpaired) electrons. The summed E-state index contributed by atoms with van der Waals surface area (Å²) in [6.45, 7) is 0. The summed E-state index contributed by atoms with van der Waals surface area (Å²) in [5.41, 5.74) is 0. The van der Waals surface area contributed by atoms with Gasteiger partial charge in [0.1, 0.15) is 0 Å². The lowest BCUT2D eigenvalue weighted by Crippen LogP contribution is -2.37. The van der Waals surface area contributed by atoms with E-state index in [4.69, 9.17) is 0 Å². The number of rotatable bonds is 2. The summed E-state index contributed by atoms with van der Waals surface area (Å²) in [7, 11) is -12.0. The highest BCUT2D eigenvalue weighted by Crippen LogP contribution is 2.28. The van der Waals surface area contributed by atoms with Crippen molar-refractivity contribution in [3.8, 4) is 0 Å². The zero-order chi connectivity index (χ0) is 12.9. The van der Waals surface area contributed by atoms with Crippen molar-refractivity contribution in [1.29, 1.82) is 0 Å². The van der Waals surface area contributed by atoms with Gasteiger partial charge in [-0.3, -0.25) is 0 Å². The maximum Gasteiger partial charge on any atom is 0.191 e. The third-order valence-corrected chi connectivity index (χ3v) is 10.6. The van der Waals surface area contributed by atoms with Crippen LogP contribution in [-0.4, -0.2) is 45.9 Å². The van der Waals surface area contributed by atoms with Crippen molar-refractivity contribution < 1.29 is 25.3 Å². The van der Waals surface area contributed by atoms with E-state index in [9.17, 15) is 25.3 Å². The SMILES string of the molecule is O=S1(=O)CC=CC1S(=O)(=O)C1C=CCS1(=O)=O. The van der Waals surface area contributed by atoms with Gasteiger partial charge in [-0.2, -0.15) is 0 Å². The van der Waals surface area contributed by atoms with Crippen molar-refractivity contribution in [2.45, 2.75) is 9.16 Å². The Morgan fingerprint density at radius 3 is 1.41 bits per heavy atom. The van der Waals surface area contributed by atoms with Crippen LogP contribution in [0.3, 0.4) is 0 Å². The van der Waals surface area contributed by atoms with Gasteiger partial charge in [0.2, 0.25) is 0 Å². The largest absolute Gasteiger partial charge is 0.227 e. The Balaban J connectivity index is 2.53. The van der Waals surface area contributed by atoms with Gasteiger partial charge in [0.25, 0.3) is 0 Å². The molecule has 0 aliphatic carbocycles. The van der Waals surface area contributed by atoms with Gasteiger partial charge in [-0.05, 0) is 0 Å². The molecule has 0 saturated carbocycles. The lowest BCUT2D eigenvalue weighted by Gasteiger charge is -2.14. The van der Waals surface area contributed by atoms with Crippen LogP contribution in [0.25, 0.3) is 0 Å². The van der Waals surface area contributed by atoms with E-state index in [0.717, 1.165) is 12.2 Å². The molecule has 0 bridgehead atoms. The minimum absolute atomic E-state index is 0.368. The average molecular weight is 298 g/mol. The first-order valence-corrected chi connectivity index (χ1v) is 9.71. The predicted molar refractivity (Wildman–Crippen MR) is 62.3 cm³/mol. The Bertz CT molecular complexity index is 636. The van der Waals surface area contributed by atoms with Gasteiger partial charge in [0.15, 0.2) is 38.7 Å². The molecule has 0 aromatic heterocycles. The Kier molecular flexibility index (Phi) is 2.75. The molecule has 0 saturated heterocycles. The Morgan fingerprint density at radius 2 is 1.18 bits per heavy atom. The van der Waals surface area contributed by atoms with E-state index in [-0.39, 0.29) is 11.5 Å². The molecule has 2 heterocycles. The number of hydrogen-bond donors (Lipinski definition) is 0. The van der Waals surface area contributed by atoms with Gasteiger partial charge in [-0.1, -0.05) is 24.3 Å². The molecule has 0 amide bonds. The van der Waals surface area contributed by atoms with E-state index in [1.807, 2.05) is 0 Å². The van der Waals surface area contributed by atoms with Gasteiger partial charge in [0.05, 0.1) is 11.5 Å². The van der Waals surface area contributed by atoms with Crippen LogP contribution in [0.15, 0.2) is 24.3 Å². The molecule has 17 heavy (non-hydrogen) atoms. The molecular formula is C8H10O6S3. The zero-order valence-corrected chi connectivity index (χ0v) is 11.0. The molecule has 2 atom stereocenters. The fourth-order valence-corrected chi connectivity index (χ4v) is 9.22. The smallest absolute Gasteiger partial charge is 0.191 e. The Labute approximate surface area is 99.8 Å². The predicted octanol–water partition coefficient (Wildman–Crippen LogP) is -0.977. The first-order valence-electron chi connectivity index (χ1n) is 4.67. The second-order valence-corrected chi connectivity index (χ2v) is 11.0. The minimum Gasteiger partial charge on any atom is -0.227 e. The summed E-state index contributed by atoms with van der Waals surface area (Å²) >= 11 is 0. The molecule has 0 aromatic rings. The molecule has 96 valence electrons. The van der Waals surface area contributed by atoms with Crippen LogP contribution in [-0.2, 0) is 29.5 Å². The molecular weight excluding hydrogens is 288 g/mol. The van der Waals surface area contributed by atoms with Crippen molar-refractivity contribution in [2.24, 2.45) is 0 Å². The highest BCUT2D eigenvalue weighted by Gasteiger charge is 2.48. The van der Waals surface area contributed by atoms with Crippen LogP contribution in [0.4, 0.5) is 0 Å². The fraction of sp³-hybridized carbons (Fsp3) is 0.500. The summed E-state index contributed by atoms with van der Waals surface area (Å²) in [4.78, 5) is 0. The average Bonchev–Trinajstić information content (AvgIpc) is 2.68. The highest BCUT2D eigenvalue weighted by atomic mass is 32.3. The third kappa shape index (κ3) is 1.95. The molecule has 6 nitrogen and oxygen atoms in total. The van der Waals surface area contributed by atoms with E-state index in [0.29, 0.717) is 0 Å². The van der Waals surface area contributed by atoms with E-state index in [2.05, 4.69) is 0 Å². The molecule has 2 rings (SSSR count). The summed E-state index contributed by atoms with van der Waals surface area (Å²) in [6.07, 6.45) is 4.52. The normalized spacial score (nSPS) is 34.1. The summed E-state index contributed by atoms with van der Waals surface area (Å²) in [6, 6.07) is 0. The topological polar surface area (TPSA) is 102 Å². The van der Waals surface area contributed by atoms with Gasteiger partial charge < -0.3 is 0 Å². The first kappa shape index (κ1) is 12.8. The molecule has 2 aliphatic rings. The van der Waals surface area contributed by atoms with Crippen molar-refractivity contribution in [1.82, 2.24) is 0 Å². The van der Waals surface area contributed by atoms with E-state index in [1.54, 1.807) is 0 Å². The molecule has 2 unspecified atom stereocenters. The van der Waals surface area contributed by atoms with E-state index in [1.165, 1.54) is 12.2 Å². The maximum atomic E-state index is 12.0. The van der Waals surface area contributed by atoms with Crippen molar-refractivity contribution in [2.75, 3.05) is 11.5 Å². The lowest BCUT2D eigenvalue weighted by molar-refractivity contribution is 0.580. The lowest BCUT2D eigenvalue weighted by atomic mass is 10.6. The Morgan fingerprint density at radius 1 is 0.824 bits per heavy atom. The minimum atomic E-state index is -4.30. The molecule has 2 aliphatic heterocycles. The van der Waals surface area contributed by atoms with Crippen LogP contribution in [0.5, 0.6) is 0 Å². The standard InChI is InChI=1S/C8H10O6S3/c9-15(10)5-1-3-7(15)17(13,14)8-4-2-6-16(8,11)12/h1-4,7-8H,5-6H2.